The maximum Gasteiger partial charge on any atom is 0.326 e. The molecule has 0 radical (unpaired) electrons. The van der Waals surface area contributed by atoms with Gasteiger partial charge < -0.3 is 15.0 Å². The van der Waals surface area contributed by atoms with Crippen LogP contribution in [-0.2, 0) is 25.5 Å². The molecule has 1 saturated heterocycles. The maximum absolute atomic E-state index is 12.9. The van der Waals surface area contributed by atoms with E-state index in [-0.39, 0.29) is 17.7 Å². The number of hydrogen-bond acceptors (Lipinski definition) is 5. The molecule has 1 N–H and O–H groups in total. The van der Waals surface area contributed by atoms with E-state index < -0.39 is 30.7 Å². The van der Waals surface area contributed by atoms with Crippen LogP contribution in [-0.4, -0.2) is 54.0 Å². The average Bonchev–Trinajstić information content (AvgIpc) is 2.98. The van der Waals surface area contributed by atoms with Gasteiger partial charge >= 0.3 is 12.0 Å². The van der Waals surface area contributed by atoms with Gasteiger partial charge in [0, 0.05) is 12.2 Å². The number of nitrogens with one attached hydrogen (secondary N) is 1. The molecule has 2 unspecified atom stereocenters. The van der Waals surface area contributed by atoms with Crippen LogP contribution in [0, 0.1) is 5.92 Å². The van der Waals surface area contributed by atoms with E-state index in [0.717, 1.165) is 48.3 Å². The summed E-state index contributed by atoms with van der Waals surface area (Å²) in [6.45, 7) is 1.62. The van der Waals surface area contributed by atoms with Crippen molar-refractivity contribution >= 4 is 29.5 Å². The summed E-state index contributed by atoms with van der Waals surface area (Å²) in [5, 5.41) is 2.81. The number of ether oxygens (including phenoxy) is 1. The van der Waals surface area contributed by atoms with Gasteiger partial charge in [0.1, 0.15) is 12.1 Å². The molecule has 8 nitrogen and oxygen atoms in total. The van der Waals surface area contributed by atoms with Crippen LogP contribution in [0.3, 0.4) is 0 Å². The quantitative estimate of drug-likeness (QED) is 0.602. The number of imide groups is 1. The van der Waals surface area contributed by atoms with Crippen molar-refractivity contribution in [3.8, 4) is 0 Å². The first-order chi connectivity index (χ1) is 14.4. The first kappa shape index (κ1) is 20.4. The number of para-hydroxylation sites is 1. The number of carbonyl (C=O) groups is 4. The fourth-order valence-corrected chi connectivity index (χ4v) is 4.83. The molecule has 2 aliphatic heterocycles. The number of hydrogen-bond donors (Lipinski definition) is 1. The first-order valence-electron chi connectivity index (χ1n) is 10.6. The summed E-state index contributed by atoms with van der Waals surface area (Å²) in [5.74, 6) is -1.43. The first-order valence-corrected chi connectivity index (χ1v) is 10.6. The lowest BCUT2D eigenvalue weighted by molar-refractivity contribution is -0.151. The molecule has 2 atom stereocenters. The summed E-state index contributed by atoms with van der Waals surface area (Å²) in [7, 11) is 0. The summed E-state index contributed by atoms with van der Waals surface area (Å²) in [5.41, 5.74) is 1.02. The molecule has 3 aliphatic rings. The number of esters is 1. The smallest absolute Gasteiger partial charge is 0.326 e. The minimum atomic E-state index is -0.914. The number of anilines is 1. The van der Waals surface area contributed by atoms with Crippen molar-refractivity contribution in [3.63, 3.8) is 0 Å². The summed E-state index contributed by atoms with van der Waals surface area (Å²) >= 11 is 0. The van der Waals surface area contributed by atoms with Gasteiger partial charge in [-0.3, -0.25) is 19.3 Å². The second kappa shape index (κ2) is 8.08. The lowest BCUT2D eigenvalue weighted by Gasteiger charge is -2.36. The number of benzene rings is 1. The Morgan fingerprint density at radius 2 is 2.00 bits per heavy atom. The molecule has 160 valence electrons. The van der Waals surface area contributed by atoms with Crippen LogP contribution in [0.4, 0.5) is 10.5 Å². The Bertz CT molecular complexity index is 885. The van der Waals surface area contributed by atoms with E-state index in [4.69, 9.17) is 4.74 Å². The molecular weight excluding hydrogens is 386 g/mol. The molecule has 1 aromatic rings. The lowest BCUT2D eigenvalue weighted by Crippen LogP contribution is -2.54. The lowest BCUT2D eigenvalue weighted by atomic mass is 9.73. The highest BCUT2D eigenvalue weighted by atomic mass is 16.5. The van der Waals surface area contributed by atoms with Gasteiger partial charge in [-0.25, -0.2) is 4.79 Å². The van der Waals surface area contributed by atoms with Gasteiger partial charge in [-0.2, -0.15) is 0 Å². The average molecular weight is 413 g/mol. The third kappa shape index (κ3) is 3.55. The molecule has 4 rings (SSSR count). The molecule has 30 heavy (non-hydrogen) atoms. The molecule has 1 aliphatic carbocycles. The monoisotopic (exact) mass is 413 g/mol. The second-order valence-electron chi connectivity index (χ2n) is 8.38. The van der Waals surface area contributed by atoms with Crippen LogP contribution < -0.4 is 10.2 Å². The van der Waals surface area contributed by atoms with Gasteiger partial charge in [0.15, 0.2) is 6.61 Å². The van der Waals surface area contributed by atoms with Crippen LogP contribution in [0.2, 0.25) is 0 Å². The molecule has 0 aromatic heterocycles. The van der Waals surface area contributed by atoms with Gasteiger partial charge in [-0.15, -0.1) is 0 Å². The van der Waals surface area contributed by atoms with E-state index in [0.29, 0.717) is 13.0 Å². The summed E-state index contributed by atoms with van der Waals surface area (Å²) in [6.07, 6.45) is 5.08. The predicted octanol–water partition coefficient (Wildman–Crippen LogP) is 2.01. The van der Waals surface area contributed by atoms with E-state index in [2.05, 4.69) is 5.32 Å². The largest absolute Gasteiger partial charge is 0.454 e. The number of carbonyl (C=O) groups excluding carboxylic acids is 4. The van der Waals surface area contributed by atoms with Crippen LogP contribution in [0.1, 0.15) is 44.6 Å². The molecule has 1 saturated carbocycles. The normalized spacial score (nSPS) is 25.8. The van der Waals surface area contributed by atoms with E-state index in [1.807, 2.05) is 31.2 Å². The van der Waals surface area contributed by atoms with Crippen LogP contribution in [0.5, 0.6) is 0 Å². The van der Waals surface area contributed by atoms with Crippen molar-refractivity contribution in [1.29, 1.82) is 0 Å². The Morgan fingerprint density at radius 1 is 1.20 bits per heavy atom. The van der Waals surface area contributed by atoms with Crippen molar-refractivity contribution in [3.05, 3.63) is 29.8 Å². The van der Waals surface area contributed by atoms with Gasteiger partial charge in [0.25, 0.3) is 11.8 Å². The third-order valence-electron chi connectivity index (χ3n) is 6.56. The topological polar surface area (TPSA) is 96.0 Å². The summed E-state index contributed by atoms with van der Waals surface area (Å²) < 4.78 is 5.13. The molecule has 1 aromatic carbocycles. The Kier molecular flexibility index (Phi) is 5.49. The Morgan fingerprint density at radius 3 is 2.80 bits per heavy atom. The van der Waals surface area contributed by atoms with Crippen LogP contribution >= 0.6 is 0 Å². The Hall–Kier alpha value is -2.90. The standard InChI is InChI=1S/C22H27N3O5/c1-15-7-4-5-11-22(15)20(28)25(21(29)23-22)13-19(27)30-14-18(26)24-12-6-9-16-8-2-3-10-17(16)24/h2-3,8,10,15H,4-7,9,11-14H2,1H3,(H,23,29). The maximum atomic E-state index is 12.9. The van der Waals surface area contributed by atoms with Crippen molar-refractivity contribution in [2.45, 2.75) is 51.0 Å². The minimum absolute atomic E-state index is 0.0180. The van der Waals surface area contributed by atoms with Crippen molar-refractivity contribution in [2.24, 2.45) is 5.92 Å². The molecule has 8 heteroatoms. The fourth-order valence-electron chi connectivity index (χ4n) is 4.83. The van der Waals surface area contributed by atoms with E-state index in [1.165, 1.54) is 0 Å². The minimum Gasteiger partial charge on any atom is -0.454 e. The van der Waals surface area contributed by atoms with Crippen molar-refractivity contribution in [2.75, 3.05) is 24.6 Å². The highest BCUT2D eigenvalue weighted by Gasteiger charge is 2.55. The molecule has 2 fully saturated rings. The van der Waals surface area contributed by atoms with E-state index in [1.54, 1.807) is 4.90 Å². The molecule has 4 amide bonds. The number of urea groups is 1. The molecule has 0 bridgehead atoms. The van der Waals surface area contributed by atoms with Crippen LogP contribution in [0.15, 0.2) is 24.3 Å². The molecular formula is C22H27N3O5. The van der Waals surface area contributed by atoms with Gasteiger partial charge in [0.05, 0.1) is 0 Å². The third-order valence-corrected chi connectivity index (χ3v) is 6.56. The fraction of sp³-hybridized carbons (Fsp3) is 0.545. The predicted molar refractivity (Wildman–Crippen MR) is 109 cm³/mol. The van der Waals surface area contributed by atoms with Crippen molar-refractivity contribution in [1.82, 2.24) is 10.2 Å². The van der Waals surface area contributed by atoms with Crippen LogP contribution in [0.25, 0.3) is 0 Å². The number of rotatable bonds is 4. The Balaban J connectivity index is 1.35. The van der Waals surface area contributed by atoms with Gasteiger partial charge in [-0.1, -0.05) is 38.0 Å². The summed E-state index contributed by atoms with van der Waals surface area (Å²) in [6, 6.07) is 7.11. The zero-order valence-electron chi connectivity index (χ0n) is 17.2. The van der Waals surface area contributed by atoms with Gasteiger partial charge in [-0.05, 0) is 43.2 Å². The zero-order chi connectivity index (χ0) is 21.3. The highest BCUT2D eigenvalue weighted by Crippen LogP contribution is 2.38. The summed E-state index contributed by atoms with van der Waals surface area (Å²) in [4.78, 5) is 52.8. The Labute approximate surface area is 175 Å². The molecule has 1 spiro atoms. The number of nitrogens with zero attached hydrogens (tertiary/aromatic N) is 2. The van der Waals surface area contributed by atoms with Crippen molar-refractivity contribution < 1.29 is 23.9 Å². The highest BCUT2D eigenvalue weighted by molar-refractivity contribution is 6.09. The van der Waals surface area contributed by atoms with E-state index >= 15 is 0 Å². The van der Waals surface area contributed by atoms with E-state index in [9.17, 15) is 19.2 Å². The SMILES string of the molecule is CC1CCCCC12NC(=O)N(CC(=O)OCC(=O)N1CCCc3ccccc31)C2=O. The van der Waals surface area contributed by atoms with Gasteiger partial charge in [0.2, 0.25) is 0 Å². The zero-order valence-corrected chi connectivity index (χ0v) is 17.2. The number of aryl methyl sites for hydroxylation is 1. The molecule has 2 heterocycles. The second-order valence-corrected chi connectivity index (χ2v) is 8.38. The number of fused-ring (bicyclic) bond motifs is 1. The number of amides is 4.